The van der Waals surface area contributed by atoms with E-state index in [1.54, 1.807) is 0 Å². The van der Waals surface area contributed by atoms with Crippen molar-refractivity contribution in [3.8, 4) is 0 Å². The fraction of sp³-hybridized carbons (Fsp3) is 0.889. The van der Waals surface area contributed by atoms with E-state index in [2.05, 4.69) is 0 Å². The van der Waals surface area contributed by atoms with Crippen LogP contribution in [0.1, 0.15) is 27.2 Å². The third kappa shape index (κ3) is 4.24. The molecule has 1 aliphatic heterocycles. The number of rotatable bonds is 2. The maximum Gasteiger partial charge on any atom is 0.318 e. The summed E-state index contributed by atoms with van der Waals surface area (Å²) in [5, 5.41) is 0. The average molecular weight is 188 g/mol. The van der Waals surface area contributed by atoms with Crippen molar-refractivity contribution in [2.45, 2.75) is 33.7 Å². The van der Waals surface area contributed by atoms with Gasteiger partial charge in [-0.3, -0.25) is 4.79 Å². The van der Waals surface area contributed by atoms with Crippen LogP contribution in [-0.2, 0) is 19.0 Å². The van der Waals surface area contributed by atoms with Gasteiger partial charge in [0.05, 0.1) is 19.6 Å². The Balaban J connectivity index is 2.24. The minimum absolute atomic E-state index is 0.0598. The molecule has 0 N–H and O–H groups in total. The van der Waals surface area contributed by atoms with Crippen LogP contribution in [0.4, 0.5) is 0 Å². The Hall–Kier alpha value is -0.610. The molecule has 4 nitrogen and oxygen atoms in total. The number of carbonyl (C=O) groups is 1. The van der Waals surface area contributed by atoms with Gasteiger partial charge in [0.15, 0.2) is 0 Å². The van der Waals surface area contributed by atoms with Gasteiger partial charge in [-0.1, -0.05) is 20.8 Å². The van der Waals surface area contributed by atoms with Crippen LogP contribution < -0.4 is 0 Å². The molecule has 0 aromatic heterocycles. The maximum atomic E-state index is 11.2. The molecule has 1 rings (SSSR count). The molecule has 13 heavy (non-hydrogen) atoms. The molecule has 1 fully saturated rings. The molecular formula is C9H16O4. The summed E-state index contributed by atoms with van der Waals surface area (Å²) in [6, 6.07) is 0. The van der Waals surface area contributed by atoms with Crippen molar-refractivity contribution in [2.75, 3.05) is 13.2 Å². The highest BCUT2D eigenvalue weighted by Gasteiger charge is 2.23. The molecule has 0 saturated carbocycles. The summed E-state index contributed by atoms with van der Waals surface area (Å²) in [5.41, 5.74) is -0.0598. The number of carbonyl (C=O) groups excluding carboxylic acids is 1. The van der Waals surface area contributed by atoms with Crippen molar-refractivity contribution in [3.05, 3.63) is 0 Å². The summed E-state index contributed by atoms with van der Waals surface area (Å²) < 4.78 is 14.8. The molecule has 4 heteroatoms. The standard InChI is InChI=1S/C9H16O4/c1-9(2,3)6-7(10)13-8-11-4-5-12-8/h8H,4-6H2,1-3H3. The first-order valence-electron chi connectivity index (χ1n) is 4.40. The fourth-order valence-corrected chi connectivity index (χ4v) is 0.987. The summed E-state index contributed by atoms with van der Waals surface area (Å²) in [6.45, 7) is 6.13. The average Bonchev–Trinajstić information content (AvgIpc) is 2.34. The summed E-state index contributed by atoms with van der Waals surface area (Å²) in [7, 11) is 0. The van der Waals surface area contributed by atoms with Gasteiger partial charge in [0.2, 0.25) is 0 Å². The third-order valence-corrected chi connectivity index (χ3v) is 1.49. The molecule has 0 bridgehead atoms. The Morgan fingerprint density at radius 2 is 1.92 bits per heavy atom. The molecule has 0 amide bonds. The SMILES string of the molecule is CC(C)(C)CC(=O)OC1OCCO1. The second-order valence-corrected chi connectivity index (χ2v) is 4.26. The Bertz CT molecular complexity index is 177. The van der Waals surface area contributed by atoms with Gasteiger partial charge in [-0.15, -0.1) is 0 Å². The lowest BCUT2D eigenvalue weighted by Crippen LogP contribution is -2.22. The van der Waals surface area contributed by atoms with E-state index >= 15 is 0 Å². The van der Waals surface area contributed by atoms with Gasteiger partial charge in [-0.2, -0.15) is 0 Å². The van der Waals surface area contributed by atoms with E-state index < -0.39 is 6.48 Å². The molecule has 0 unspecified atom stereocenters. The van der Waals surface area contributed by atoms with Crippen LogP contribution in [0.3, 0.4) is 0 Å². The highest BCUT2D eigenvalue weighted by Crippen LogP contribution is 2.20. The molecular weight excluding hydrogens is 172 g/mol. The predicted molar refractivity (Wildman–Crippen MR) is 45.9 cm³/mol. The van der Waals surface area contributed by atoms with E-state index in [-0.39, 0.29) is 11.4 Å². The van der Waals surface area contributed by atoms with E-state index in [1.807, 2.05) is 20.8 Å². The van der Waals surface area contributed by atoms with Crippen LogP contribution in [0.15, 0.2) is 0 Å². The zero-order valence-electron chi connectivity index (χ0n) is 8.33. The number of esters is 1. The van der Waals surface area contributed by atoms with Crippen LogP contribution in [0, 0.1) is 5.41 Å². The normalized spacial score (nSPS) is 19.0. The summed E-state index contributed by atoms with van der Waals surface area (Å²) in [4.78, 5) is 11.2. The molecule has 0 aliphatic carbocycles. The molecule has 0 aromatic rings. The van der Waals surface area contributed by atoms with Crippen molar-refractivity contribution < 1.29 is 19.0 Å². The molecule has 0 radical (unpaired) electrons. The molecule has 0 atom stereocenters. The Kier molecular flexibility index (Phi) is 3.27. The molecule has 0 spiro atoms. The van der Waals surface area contributed by atoms with Crippen molar-refractivity contribution in [2.24, 2.45) is 5.41 Å². The number of hydrogen-bond acceptors (Lipinski definition) is 4. The summed E-state index contributed by atoms with van der Waals surface area (Å²) in [5.74, 6) is -0.278. The van der Waals surface area contributed by atoms with E-state index in [0.717, 1.165) is 0 Å². The zero-order valence-corrected chi connectivity index (χ0v) is 8.33. The number of hydrogen-bond donors (Lipinski definition) is 0. The topological polar surface area (TPSA) is 44.8 Å². The smallest absolute Gasteiger partial charge is 0.318 e. The van der Waals surface area contributed by atoms with Crippen LogP contribution in [0.2, 0.25) is 0 Å². The molecule has 1 saturated heterocycles. The van der Waals surface area contributed by atoms with Gasteiger partial charge in [0.25, 0.3) is 0 Å². The maximum absolute atomic E-state index is 11.2. The lowest BCUT2D eigenvalue weighted by Gasteiger charge is -2.18. The Morgan fingerprint density at radius 1 is 1.38 bits per heavy atom. The summed E-state index contributed by atoms with van der Waals surface area (Å²) >= 11 is 0. The van der Waals surface area contributed by atoms with E-state index in [4.69, 9.17) is 14.2 Å². The largest absolute Gasteiger partial charge is 0.410 e. The minimum Gasteiger partial charge on any atom is -0.410 e. The van der Waals surface area contributed by atoms with Crippen LogP contribution >= 0.6 is 0 Å². The first kappa shape index (κ1) is 10.5. The van der Waals surface area contributed by atoms with Gasteiger partial charge >= 0.3 is 12.4 Å². The van der Waals surface area contributed by atoms with Gasteiger partial charge in [0, 0.05) is 0 Å². The van der Waals surface area contributed by atoms with Gasteiger partial charge in [-0.25, -0.2) is 0 Å². The highest BCUT2D eigenvalue weighted by molar-refractivity contribution is 5.70. The minimum atomic E-state index is -0.783. The van der Waals surface area contributed by atoms with E-state index in [1.165, 1.54) is 0 Å². The quantitative estimate of drug-likeness (QED) is 0.613. The van der Waals surface area contributed by atoms with Crippen LogP contribution in [0.25, 0.3) is 0 Å². The second kappa shape index (κ2) is 4.07. The second-order valence-electron chi connectivity index (χ2n) is 4.26. The van der Waals surface area contributed by atoms with Crippen molar-refractivity contribution >= 4 is 5.97 Å². The van der Waals surface area contributed by atoms with Gasteiger partial charge < -0.3 is 14.2 Å². The van der Waals surface area contributed by atoms with E-state index in [9.17, 15) is 4.79 Å². The van der Waals surface area contributed by atoms with Crippen molar-refractivity contribution in [3.63, 3.8) is 0 Å². The lowest BCUT2D eigenvalue weighted by molar-refractivity contribution is -0.228. The molecule has 0 aromatic carbocycles. The van der Waals surface area contributed by atoms with Crippen molar-refractivity contribution in [1.29, 1.82) is 0 Å². The molecule has 1 aliphatic rings. The zero-order chi connectivity index (χ0) is 9.90. The van der Waals surface area contributed by atoms with E-state index in [0.29, 0.717) is 19.6 Å². The summed E-state index contributed by atoms with van der Waals surface area (Å²) in [6.07, 6.45) is 0.371. The molecule has 1 heterocycles. The Morgan fingerprint density at radius 3 is 2.38 bits per heavy atom. The van der Waals surface area contributed by atoms with Gasteiger partial charge in [-0.05, 0) is 5.41 Å². The molecule has 76 valence electrons. The van der Waals surface area contributed by atoms with Crippen LogP contribution in [0.5, 0.6) is 0 Å². The lowest BCUT2D eigenvalue weighted by atomic mass is 9.93. The van der Waals surface area contributed by atoms with Crippen LogP contribution in [-0.4, -0.2) is 25.7 Å². The monoisotopic (exact) mass is 188 g/mol. The van der Waals surface area contributed by atoms with Gasteiger partial charge in [0.1, 0.15) is 0 Å². The van der Waals surface area contributed by atoms with Crippen molar-refractivity contribution in [1.82, 2.24) is 0 Å². The highest BCUT2D eigenvalue weighted by atomic mass is 16.9. The first-order chi connectivity index (χ1) is 5.97. The first-order valence-corrected chi connectivity index (χ1v) is 4.40. The Labute approximate surface area is 78.2 Å². The third-order valence-electron chi connectivity index (χ3n) is 1.49. The number of ether oxygens (including phenoxy) is 3. The fourth-order valence-electron chi connectivity index (χ4n) is 0.987. The predicted octanol–water partition coefficient (Wildman–Crippen LogP) is 1.30.